The number of nitrogens with zero attached hydrogens (tertiary/aromatic N) is 1. The zero-order chi connectivity index (χ0) is 13.8. The Morgan fingerprint density at radius 2 is 2.16 bits per heavy atom. The second-order valence-electron chi connectivity index (χ2n) is 5.68. The maximum absolute atomic E-state index is 6.17. The average Bonchev–Trinajstić information content (AvgIpc) is 3.20. The summed E-state index contributed by atoms with van der Waals surface area (Å²) in [6, 6.07) is 7.53. The van der Waals surface area contributed by atoms with Crippen molar-refractivity contribution in [2.75, 3.05) is 11.9 Å². The molecule has 0 bridgehead atoms. The second-order valence-corrected chi connectivity index (χ2v) is 6.11. The maximum Gasteiger partial charge on any atom is 0.0426 e. The van der Waals surface area contributed by atoms with Crippen LogP contribution in [0.4, 0.5) is 5.69 Å². The van der Waals surface area contributed by atoms with Gasteiger partial charge in [-0.2, -0.15) is 0 Å². The van der Waals surface area contributed by atoms with Gasteiger partial charge in [-0.25, -0.2) is 0 Å². The topological polar surface area (TPSA) is 15.3 Å². The summed E-state index contributed by atoms with van der Waals surface area (Å²) in [6.45, 7) is 5.46. The molecule has 1 aliphatic rings. The molecule has 0 saturated heterocycles. The van der Waals surface area contributed by atoms with Crippen molar-refractivity contribution < 1.29 is 0 Å². The molecule has 1 aromatic rings. The summed E-state index contributed by atoms with van der Waals surface area (Å²) in [5, 5.41) is 4.41. The highest BCUT2D eigenvalue weighted by atomic mass is 35.5. The number of hydrogen-bond acceptors (Lipinski definition) is 2. The van der Waals surface area contributed by atoms with Crippen LogP contribution in [0.1, 0.15) is 45.1 Å². The highest BCUT2D eigenvalue weighted by Crippen LogP contribution is 2.28. The minimum atomic E-state index is 0.545. The van der Waals surface area contributed by atoms with Crippen molar-refractivity contribution >= 4 is 17.3 Å². The van der Waals surface area contributed by atoms with Gasteiger partial charge in [0.25, 0.3) is 0 Å². The molecule has 1 fully saturated rings. The fraction of sp³-hybridized carbons (Fsp3) is 0.625. The van der Waals surface area contributed by atoms with E-state index in [-0.39, 0.29) is 0 Å². The number of benzene rings is 1. The Morgan fingerprint density at radius 3 is 2.79 bits per heavy atom. The zero-order valence-electron chi connectivity index (χ0n) is 12.2. The van der Waals surface area contributed by atoms with Crippen LogP contribution in [-0.4, -0.2) is 19.1 Å². The molecule has 106 valence electrons. The minimum absolute atomic E-state index is 0.545. The summed E-state index contributed by atoms with van der Waals surface area (Å²) in [5.41, 5.74) is 2.61. The molecular weight excluding hydrogens is 256 g/mol. The molecule has 1 saturated carbocycles. The average molecular weight is 281 g/mol. The van der Waals surface area contributed by atoms with Gasteiger partial charge < -0.3 is 10.2 Å². The van der Waals surface area contributed by atoms with Crippen LogP contribution in [0.25, 0.3) is 0 Å². The van der Waals surface area contributed by atoms with Crippen LogP contribution < -0.4 is 10.2 Å². The van der Waals surface area contributed by atoms with Crippen LogP contribution in [0.3, 0.4) is 0 Å². The van der Waals surface area contributed by atoms with Crippen LogP contribution >= 0.6 is 11.6 Å². The maximum atomic E-state index is 6.17. The first kappa shape index (κ1) is 14.7. The van der Waals surface area contributed by atoms with E-state index < -0.39 is 0 Å². The molecule has 1 aliphatic carbocycles. The molecule has 1 N–H and O–H groups in total. The molecular formula is C16H25ClN2. The molecule has 1 atom stereocenters. The van der Waals surface area contributed by atoms with E-state index in [1.165, 1.54) is 36.9 Å². The van der Waals surface area contributed by atoms with E-state index in [0.717, 1.165) is 17.6 Å². The van der Waals surface area contributed by atoms with Crippen molar-refractivity contribution in [3.05, 3.63) is 28.8 Å². The van der Waals surface area contributed by atoms with E-state index in [4.69, 9.17) is 11.6 Å². The normalized spacial score (nSPS) is 16.4. The monoisotopic (exact) mass is 280 g/mol. The summed E-state index contributed by atoms with van der Waals surface area (Å²) in [7, 11) is 2.17. The van der Waals surface area contributed by atoms with Crippen molar-refractivity contribution in [1.82, 2.24) is 5.32 Å². The van der Waals surface area contributed by atoms with Gasteiger partial charge in [0.15, 0.2) is 0 Å². The third kappa shape index (κ3) is 4.12. The zero-order valence-corrected chi connectivity index (χ0v) is 13.0. The number of anilines is 1. The third-order valence-corrected chi connectivity index (χ3v) is 4.19. The van der Waals surface area contributed by atoms with Gasteiger partial charge in [0.1, 0.15) is 0 Å². The van der Waals surface area contributed by atoms with Crippen LogP contribution in [-0.2, 0) is 6.54 Å². The molecule has 2 nitrogen and oxygen atoms in total. The van der Waals surface area contributed by atoms with Gasteiger partial charge in [-0.05, 0) is 43.9 Å². The lowest BCUT2D eigenvalue weighted by Crippen LogP contribution is -2.30. The van der Waals surface area contributed by atoms with E-state index in [1.807, 2.05) is 6.07 Å². The van der Waals surface area contributed by atoms with E-state index in [9.17, 15) is 0 Å². The molecule has 1 aromatic carbocycles. The Bertz CT molecular complexity index is 415. The third-order valence-electron chi connectivity index (χ3n) is 3.95. The minimum Gasteiger partial charge on any atom is -0.372 e. The van der Waals surface area contributed by atoms with Crippen LogP contribution in [0.5, 0.6) is 0 Å². The fourth-order valence-electron chi connectivity index (χ4n) is 2.41. The van der Waals surface area contributed by atoms with Gasteiger partial charge in [0.05, 0.1) is 0 Å². The smallest absolute Gasteiger partial charge is 0.0426 e. The van der Waals surface area contributed by atoms with Gasteiger partial charge in [-0.3, -0.25) is 0 Å². The molecule has 1 unspecified atom stereocenters. The van der Waals surface area contributed by atoms with Gasteiger partial charge >= 0.3 is 0 Å². The highest BCUT2D eigenvalue weighted by Gasteiger charge is 2.21. The Hall–Kier alpha value is -0.730. The number of hydrogen-bond donors (Lipinski definition) is 1. The molecule has 3 heteroatoms. The number of nitrogens with one attached hydrogen (secondary N) is 1. The quantitative estimate of drug-likeness (QED) is 0.805. The number of halogens is 1. The van der Waals surface area contributed by atoms with Gasteiger partial charge in [0, 0.05) is 36.4 Å². The molecule has 0 radical (unpaired) electrons. The summed E-state index contributed by atoms with van der Waals surface area (Å²) >= 11 is 6.17. The van der Waals surface area contributed by atoms with Crippen molar-refractivity contribution in [3.8, 4) is 0 Å². The predicted molar refractivity (Wildman–Crippen MR) is 84.1 cm³/mol. The lowest BCUT2D eigenvalue weighted by atomic mass is 10.1. The number of rotatable bonds is 7. The van der Waals surface area contributed by atoms with E-state index in [2.05, 4.69) is 43.2 Å². The van der Waals surface area contributed by atoms with Crippen molar-refractivity contribution in [3.63, 3.8) is 0 Å². The highest BCUT2D eigenvalue weighted by molar-refractivity contribution is 6.30. The Labute approximate surface area is 122 Å². The molecule has 0 heterocycles. The van der Waals surface area contributed by atoms with Gasteiger partial charge in [-0.1, -0.05) is 31.0 Å². The Kier molecular flexibility index (Phi) is 5.12. The van der Waals surface area contributed by atoms with Crippen LogP contribution in [0.2, 0.25) is 5.02 Å². The largest absolute Gasteiger partial charge is 0.372 e. The van der Waals surface area contributed by atoms with Gasteiger partial charge in [-0.15, -0.1) is 0 Å². The van der Waals surface area contributed by atoms with E-state index in [0.29, 0.717) is 6.04 Å². The van der Waals surface area contributed by atoms with Crippen LogP contribution in [0, 0.1) is 0 Å². The second kappa shape index (κ2) is 6.62. The Morgan fingerprint density at radius 1 is 1.42 bits per heavy atom. The summed E-state index contributed by atoms with van der Waals surface area (Å²) in [4.78, 5) is 2.36. The molecule has 0 amide bonds. The Balaban J connectivity index is 2.12. The molecule has 19 heavy (non-hydrogen) atoms. The van der Waals surface area contributed by atoms with Crippen molar-refractivity contribution in [2.45, 2.75) is 58.2 Å². The fourth-order valence-corrected chi connectivity index (χ4v) is 2.57. The van der Waals surface area contributed by atoms with Crippen LogP contribution in [0.15, 0.2) is 18.2 Å². The first-order valence-electron chi connectivity index (χ1n) is 7.36. The van der Waals surface area contributed by atoms with Crippen molar-refractivity contribution in [1.29, 1.82) is 0 Å². The summed E-state index contributed by atoms with van der Waals surface area (Å²) in [5.74, 6) is 0. The first-order chi connectivity index (χ1) is 9.11. The lowest BCUT2D eigenvalue weighted by Gasteiger charge is -2.29. The van der Waals surface area contributed by atoms with Crippen molar-refractivity contribution in [2.24, 2.45) is 0 Å². The lowest BCUT2D eigenvalue weighted by molar-refractivity contribution is 0.610. The standard InChI is InChI=1S/C16H25ClN2/c1-4-5-12(2)19(3)16-10-14(17)7-6-13(16)11-18-15-8-9-15/h6-7,10,12,15,18H,4-5,8-9,11H2,1-3H3. The summed E-state index contributed by atoms with van der Waals surface area (Å²) in [6.07, 6.45) is 5.07. The SMILES string of the molecule is CCCC(C)N(C)c1cc(Cl)ccc1CNC1CC1. The molecule has 0 spiro atoms. The predicted octanol–water partition coefficient (Wildman–Crippen LogP) is 4.22. The van der Waals surface area contributed by atoms with E-state index >= 15 is 0 Å². The van der Waals surface area contributed by atoms with Gasteiger partial charge in [0.2, 0.25) is 0 Å². The molecule has 2 rings (SSSR count). The molecule has 0 aromatic heterocycles. The summed E-state index contributed by atoms with van der Waals surface area (Å²) < 4.78 is 0. The molecule has 0 aliphatic heterocycles. The first-order valence-corrected chi connectivity index (χ1v) is 7.74. The van der Waals surface area contributed by atoms with E-state index in [1.54, 1.807) is 0 Å².